The normalized spacial score (nSPS) is 17.6. The van der Waals surface area contributed by atoms with Gasteiger partial charge in [0.05, 0.1) is 6.10 Å². The second-order valence-electron chi connectivity index (χ2n) is 5.55. The van der Waals surface area contributed by atoms with Gasteiger partial charge in [-0.15, -0.1) is 0 Å². The Kier molecular flexibility index (Phi) is 4.83. The maximum absolute atomic E-state index is 5.69. The second-order valence-corrected chi connectivity index (χ2v) is 5.55. The van der Waals surface area contributed by atoms with Crippen molar-refractivity contribution in [1.82, 2.24) is 10.2 Å². The smallest absolute Gasteiger partial charge is 0.119 e. The largest absolute Gasteiger partial charge is 0.491 e. The molecule has 1 N–H and O–H groups in total. The quantitative estimate of drug-likeness (QED) is 0.853. The molecule has 0 spiro atoms. The molecule has 0 aliphatic carbocycles. The topological polar surface area (TPSA) is 24.5 Å². The van der Waals surface area contributed by atoms with Crippen LogP contribution in [0.4, 0.5) is 0 Å². The Hall–Kier alpha value is -1.06. The minimum absolute atomic E-state index is 0.233. The van der Waals surface area contributed by atoms with Crippen molar-refractivity contribution in [2.45, 2.75) is 45.9 Å². The summed E-state index contributed by atoms with van der Waals surface area (Å²) in [6.07, 6.45) is 0.233. The van der Waals surface area contributed by atoms with E-state index in [-0.39, 0.29) is 6.10 Å². The van der Waals surface area contributed by atoms with Crippen molar-refractivity contribution < 1.29 is 4.74 Å². The van der Waals surface area contributed by atoms with Gasteiger partial charge < -0.3 is 10.1 Å². The van der Waals surface area contributed by atoms with Crippen LogP contribution in [0.25, 0.3) is 0 Å². The lowest BCUT2D eigenvalue weighted by Gasteiger charge is -2.41. The molecule has 0 aromatic heterocycles. The highest BCUT2D eigenvalue weighted by Gasteiger charge is 2.27. The van der Waals surface area contributed by atoms with Crippen LogP contribution in [0, 0.1) is 0 Å². The molecule has 3 nitrogen and oxygen atoms in total. The molecule has 0 amide bonds. The summed E-state index contributed by atoms with van der Waals surface area (Å²) < 4.78 is 5.69. The molecular formula is C16H26N2O. The Morgan fingerprint density at radius 1 is 1.21 bits per heavy atom. The van der Waals surface area contributed by atoms with Gasteiger partial charge in [0.15, 0.2) is 0 Å². The van der Waals surface area contributed by atoms with E-state index in [1.165, 1.54) is 5.56 Å². The van der Waals surface area contributed by atoms with Gasteiger partial charge in [0.25, 0.3) is 0 Å². The highest BCUT2D eigenvalue weighted by atomic mass is 16.5. The fourth-order valence-electron chi connectivity index (χ4n) is 2.64. The van der Waals surface area contributed by atoms with Gasteiger partial charge in [0, 0.05) is 25.2 Å². The maximum atomic E-state index is 5.69. The molecule has 3 heteroatoms. The van der Waals surface area contributed by atoms with E-state index in [9.17, 15) is 0 Å². The Bertz CT molecular complexity index is 384. The van der Waals surface area contributed by atoms with E-state index in [4.69, 9.17) is 4.74 Å². The molecule has 0 radical (unpaired) electrons. The first-order chi connectivity index (χ1) is 9.11. The van der Waals surface area contributed by atoms with Gasteiger partial charge in [-0.1, -0.05) is 19.1 Å². The van der Waals surface area contributed by atoms with Crippen molar-refractivity contribution in [2.75, 3.05) is 19.6 Å². The Labute approximate surface area is 116 Å². The predicted molar refractivity (Wildman–Crippen MR) is 79.7 cm³/mol. The Morgan fingerprint density at radius 3 is 2.26 bits per heavy atom. The molecule has 1 fully saturated rings. The van der Waals surface area contributed by atoms with Crippen molar-refractivity contribution in [3.8, 4) is 5.75 Å². The first-order valence-electron chi connectivity index (χ1n) is 7.35. The number of benzene rings is 1. The Morgan fingerprint density at radius 2 is 1.84 bits per heavy atom. The SMILES string of the molecule is CCN(C1CNC1)C(C)c1ccc(OC(C)C)cc1. The van der Waals surface area contributed by atoms with Crippen LogP contribution in [0.2, 0.25) is 0 Å². The fourth-order valence-corrected chi connectivity index (χ4v) is 2.64. The number of hydrogen-bond donors (Lipinski definition) is 1. The molecule has 1 atom stereocenters. The van der Waals surface area contributed by atoms with Crippen LogP contribution < -0.4 is 10.1 Å². The van der Waals surface area contributed by atoms with E-state index in [0.29, 0.717) is 12.1 Å². The van der Waals surface area contributed by atoms with Crippen molar-refractivity contribution in [1.29, 1.82) is 0 Å². The zero-order chi connectivity index (χ0) is 13.8. The lowest BCUT2D eigenvalue weighted by Crippen LogP contribution is -2.57. The van der Waals surface area contributed by atoms with E-state index >= 15 is 0 Å². The summed E-state index contributed by atoms with van der Waals surface area (Å²) in [6, 6.07) is 9.70. The number of nitrogens with zero attached hydrogens (tertiary/aromatic N) is 1. The summed E-state index contributed by atoms with van der Waals surface area (Å²) >= 11 is 0. The lowest BCUT2D eigenvalue weighted by atomic mass is 10.0. The summed E-state index contributed by atoms with van der Waals surface area (Å²) in [7, 11) is 0. The molecule has 1 heterocycles. The fraction of sp³-hybridized carbons (Fsp3) is 0.625. The van der Waals surface area contributed by atoms with Crippen LogP contribution in [-0.4, -0.2) is 36.7 Å². The zero-order valence-corrected chi connectivity index (χ0v) is 12.5. The van der Waals surface area contributed by atoms with E-state index in [2.05, 4.69) is 62.2 Å². The zero-order valence-electron chi connectivity index (χ0n) is 12.5. The van der Waals surface area contributed by atoms with Crippen LogP contribution in [-0.2, 0) is 0 Å². The van der Waals surface area contributed by atoms with Gasteiger partial charge in [-0.3, -0.25) is 4.90 Å². The molecule has 1 aliphatic rings. The first kappa shape index (κ1) is 14.4. The number of hydrogen-bond acceptors (Lipinski definition) is 3. The van der Waals surface area contributed by atoms with Gasteiger partial charge in [-0.05, 0) is 45.0 Å². The van der Waals surface area contributed by atoms with Gasteiger partial charge in [-0.2, -0.15) is 0 Å². The molecular weight excluding hydrogens is 236 g/mol. The average Bonchev–Trinajstić information content (AvgIpc) is 2.33. The van der Waals surface area contributed by atoms with Gasteiger partial charge >= 0.3 is 0 Å². The van der Waals surface area contributed by atoms with Crippen LogP contribution >= 0.6 is 0 Å². The minimum Gasteiger partial charge on any atom is -0.491 e. The van der Waals surface area contributed by atoms with E-state index in [1.807, 2.05) is 0 Å². The van der Waals surface area contributed by atoms with Gasteiger partial charge in [0.1, 0.15) is 5.75 Å². The van der Waals surface area contributed by atoms with Crippen molar-refractivity contribution in [2.24, 2.45) is 0 Å². The summed E-state index contributed by atoms with van der Waals surface area (Å²) in [5.74, 6) is 0.958. The third-order valence-electron chi connectivity index (χ3n) is 3.83. The van der Waals surface area contributed by atoms with Gasteiger partial charge in [0.2, 0.25) is 0 Å². The third kappa shape index (κ3) is 3.48. The molecule has 1 unspecified atom stereocenters. The summed E-state index contributed by atoms with van der Waals surface area (Å²) in [4.78, 5) is 2.56. The summed E-state index contributed by atoms with van der Waals surface area (Å²) in [5.41, 5.74) is 1.37. The summed E-state index contributed by atoms with van der Waals surface area (Å²) in [6.45, 7) is 12.0. The maximum Gasteiger partial charge on any atom is 0.119 e. The molecule has 106 valence electrons. The van der Waals surface area contributed by atoms with E-state index in [0.717, 1.165) is 25.4 Å². The van der Waals surface area contributed by atoms with Crippen LogP contribution in [0.5, 0.6) is 5.75 Å². The molecule has 1 aromatic carbocycles. The molecule has 1 aromatic rings. The second kappa shape index (κ2) is 6.40. The number of ether oxygens (including phenoxy) is 1. The van der Waals surface area contributed by atoms with Crippen molar-refractivity contribution >= 4 is 0 Å². The van der Waals surface area contributed by atoms with Crippen molar-refractivity contribution in [3.63, 3.8) is 0 Å². The predicted octanol–water partition coefficient (Wildman–Crippen LogP) is 2.83. The monoisotopic (exact) mass is 262 g/mol. The standard InChI is InChI=1S/C16H26N2O/c1-5-18(15-10-17-11-15)13(4)14-6-8-16(9-7-14)19-12(2)3/h6-9,12-13,15,17H,5,10-11H2,1-4H3. The van der Waals surface area contributed by atoms with Gasteiger partial charge in [-0.25, -0.2) is 0 Å². The molecule has 0 bridgehead atoms. The highest BCUT2D eigenvalue weighted by molar-refractivity contribution is 5.29. The molecule has 1 aliphatic heterocycles. The molecule has 2 rings (SSSR count). The van der Waals surface area contributed by atoms with Crippen LogP contribution in [0.1, 0.15) is 39.3 Å². The summed E-state index contributed by atoms with van der Waals surface area (Å²) in [5, 5.41) is 3.35. The van der Waals surface area contributed by atoms with Crippen LogP contribution in [0.3, 0.4) is 0 Å². The Balaban J connectivity index is 2.03. The molecule has 1 saturated heterocycles. The third-order valence-corrected chi connectivity index (χ3v) is 3.83. The highest BCUT2D eigenvalue weighted by Crippen LogP contribution is 2.25. The molecule has 0 saturated carbocycles. The van der Waals surface area contributed by atoms with E-state index in [1.54, 1.807) is 0 Å². The minimum atomic E-state index is 0.233. The first-order valence-corrected chi connectivity index (χ1v) is 7.35. The van der Waals surface area contributed by atoms with Crippen LogP contribution in [0.15, 0.2) is 24.3 Å². The number of nitrogens with one attached hydrogen (secondary N) is 1. The average molecular weight is 262 g/mol. The number of rotatable bonds is 6. The lowest BCUT2D eigenvalue weighted by molar-refractivity contribution is 0.110. The van der Waals surface area contributed by atoms with E-state index < -0.39 is 0 Å². The number of likely N-dealkylation sites (N-methyl/N-ethyl adjacent to an activating group) is 1. The van der Waals surface area contributed by atoms with Crippen molar-refractivity contribution in [3.05, 3.63) is 29.8 Å². The molecule has 19 heavy (non-hydrogen) atoms.